The average Bonchev–Trinajstić information content (AvgIpc) is 3.41. The standard InChI is InChI=1S/C22H20N4O5S2/c1-22(16-8-3-2-4-9-16)20(28)26(21(29)24-22)25-19(27)15-7-5-11-18(13-15)33(30,31)23-14-17-10-6-12-32-17/h2-13,23H,14H2,1H3,(H,24,29)(H,25,27)/t22-/m0/s1. The van der Waals surface area contributed by atoms with E-state index in [4.69, 9.17) is 0 Å². The van der Waals surface area contributed by atoms with E-state index in [1.807, 2.05) is 11.4 Å². The fourth-order valence-corrected chi connectivity index (χ4v) is 5.13. The minimum atomic E-state index is -3.88. The number of hydrogen-bond donors (Lipinski definition) is 3. The molecule has 33 heavy (non-hydrogen) atoms. The monoisotopic (exact) mass is 484 g/mol. The van der Waals surface area contributed by atoms with Crippen molar-refractivity contribution in [2.45, 2.75) is 23.9 Å². The Bertz CT molecular complexity index is 1310. The van der Waals surface area contributed by atoms with Gasteiger partial charge in [-0.15, -0.1) is 11.3 Å². The third kappa shape index (κ3) is 4.51. The van der Waals surface area contributed by atoms with E-state index in [2.05, 4.69) is 15.5 Å². The number of benzene rings is 2. The molecule has 1 aliphatic rings. The Labute approximate surface area is 194 Å². The van der Waals surface area contributed by atoms with Crippen molar-refractivity contribution < 1.29 is 22.8 Å². The van der Waals surface area contributed by atoms with Gasteiger partial charge in [0.15, 0.2) is 0 Å². The van der Waals surface area contributed by atoms with Gasteiger partial charge in [-0.2, -0.15) is 5.01 Å². The molecule has 3 aromatic rings. The molecule has 1 atom stereocenters. The second-order valence-electron chi connectivity index (χ2n) is 7.43. The maximum Gasteiger partial charge on any atom is 0.344 e. The third-order valence-corrected chi connectivity index (χ3v) is 7.45. The zero-order valence-corrected chi connectivity index (χ0v) is 19.1. The van der Waals surface area contributed by atoms with Crippen LogP contribution in [0.4, 0.5) is 4.79 Å². The number of carbonyl (C=O) groups is 3. The van der Waals surface area contributed by atoms with E-state index < -0.39 is 33.4 Å². The largest absolute Gasteiger partial charge is 0.344 e. The molecule has 170 valence electrons. The number of hydrogen-bond acceptors (Lipinski definition) is 6. The van der Waals surface area contributed by atoms with E-state index in [9.17, 15) is 22.8 Å². The molecule has 0 unspecified atom stereocenters. The zero-order valence-electron chi connectivity index (χ0n) is 17.4. The van der Waals surface area contributed by atoms with Gasteiger partial charge in [-0.3, -0.25) is 15.0 Å². The van der Waals surface area contributed by atoms with Crippen molar-refractivity contribution in [3.05, 3.63) is 88.1 Å². The van der Waals surface area contributed by atoms with Gasteiger partial charge in [-0.05, 0) is 42.1 Å². The highest BCUT2D eigenvalue weighted by atomic mass is 32.2. The van der Waals surface area contributed by atoms with Crippen molar-refractivity contribution in [3.8, 4) is 0 Å². The van der Waals surface area contributed by atoms with Crippen LogP contribution in [-0.2, 0) is 26.9 Å². The van der Waals surface area contributed by atoms with Gasteiger partial charge in [0.05, 0.1) is 4.90 Å². The van der Waals surface area contributed by atoms with Crippen molar-refractivity contribution >= 4 is 39.2 Å². The summed E-state index contributed by atoms with van der Waals surface area (Å²) in [5.74, 6) is -1.46. The van der Waals surface area contributed by atoms with Gasteiger partial charge in [0.25, 0.3) is 11.8 Å². The van der Waals surface area contributed by atoms with Crippen LogP contribution in [-0.4, -0.2) is 31.3 Å². The lowest BCUT2D eigenvalue weighted by atomic mass is 9.92. The molecular weight excluding hydrogens is 464 g/mol. The average molecular weight is 485 g/mol. The minimum Gasteiger partial charge on any atom is -0.318 e. The van der Waals surface area contributed by atoms with Crippen LogP contribution in [0.2, 0.25) is 0 Å². The molecule has 3 N–H and O–H groups in total. The lowest BCUT2D eigenvalue weighted by Gasteiger charge is -2.22. The first-order valence-corrected chi connectivity index (χ1v) is 12.2. The number of imide groups is 1. The molecule has 2 heterocycles. The van der Waals surface area contributed by atoms with Crippen molar-refractivity contribution in [1.29, 1.82) is 0 Å². The molecule has 0 bridgehead atoms. The molecule has 1 aliphatic heterocycles. The molecule has 1 fully saturated rings. The molecule has 11 heteroatoms. The number of thiophene rings is 1. The van der Waals surface area contributed by atoms with Crippen molar-refractivity contribution in [3.63, 3.8) is 0 Å². The number of nitrogens with one attached hydrogen (secondary N) is 3. The fourth-order valence-electron chi connectivity index (χ4n) is 3.34. The summed E-state index contributed by atoms with van der Waals surface area (Å²) < 4.78 is 27.7. The topological polar surface area (TPSA) is 125 Å². The summed E-state index contributed by atoms with van der Waals surface area (Å²) in [6.07, 6.45) is 0. The number of carbonyl (C=O) groups excluding carboxylic acids is 3. The molecule has 0 radical (unpaired) electrons. The Hall–Kier alpha value is -3.54. The van der Waals surface area contributed by atoms with Gasteiger partial charge < -0.3 is 5.32 Å². The van der Waals surface area contributed by atoms with Gasteiger partial charge in [0.2, 0.25) is 10.0 Å². The van der Waals surface area contributed by atoms with Gasteiger partial charge in [0, 0.05) is 17.0 Å². The Morgan fingerprint density at radius 1 is 1.06 bits per heavy atom. The predicted molar refractivity (Wildman–Crippen MR) is 121 cm³/mol. The molecule has 9 nitrogen and oxygen atoms in total. The lowest BCUT2D eigenvalue weighted by Crippen LogP contribution is -2.47. The molecule has 0 aliphatic carbocycles. The Balaban J connectivity index is 1.50. The van der Waals surface area contributed by atoms with Crippen LogP contribution in [0, 0.1) is 0 Å². The second-order valence-corrected chi connectivity index (χ2v) is 10.2. The van der Waals surface area contributed by atoms with Crippen LogP contribution in [0.25, 0.3) is 0 Å². The molecule has 0 spiro atoms. The number of amides is 4. The van der Waals surface area contributed by atoms with E-state index in [-0.39, 0.29) is 17.0 Å². The number of urea groups is 1. The number of sulfonamides is 1. The maximum absolute atomic E-state index is 13.0. The van der Waals surface area contributed by atoms with E-state index >= 15 is 0 Å². The van der Waals surface area contributed by atoms with Crippen LogP contribution >= 0.6 is 11.3 Å². The first-order chi connectivity index (χ1) is 15.7. The van der Waals surface area contributed by atoms with E-state index in [0.29, 0.717) is 10.6 Å². The summed E-state index contributed by atoms with van der Waals surface area (Å²) in [4.78, 5) is 38.9. The summed E-state index contributed by atoms with van der Waals surface area (Å²) in [6.45, 7) is 1.66. The number of nitrogens with zero attached hydrogens (tertiary/aromatic N) is 1. The third-order valence-electron chi connectivity index (χ3n) is 5.18. The first kappa shape index (κ1) is 22.6. The summed E-state index contributed by atoms with van der Waals surface area (Å²) in [6, 6.07) is 16.8. The fraction of sp³-hybridized carbons (Fsp3) is 0.136. The summed E-state index contributed by atoms with van der Waals surface area (Å²) in [5, 5.41) is 5.03. The maximum atomic E-state index is 13.0. The van der Waals surface area contributed by atoms with E-state index in [1.54, 1.807) is 43.3 Å². The quantitative estimate of drug-likeness (QED) is 0.444. The van der Waals surface area contributed by atoms with Crippen molar-refractivity contribution in [2.24, 2.45) is 0 Å². The second kappa shape index (κ2) is 8.77. The summed E-state index contributed by atoms with van der Waals surface area (Å²) in [5.41, 5.74) is 1.46. The normalized spacial score (nSPS) is 18.3. The Morgan fingerprint density at radius 3 is 2.52 bits per heavy atom. The molecule has 0 saturated carbocycles. The van der Waals surface area contributed by atoms with Gasteiger partial charge >= 0.3 is 6.03 Å². The van der Waals surface area contributed by atoms with Gasteiger partial charge in [0.1, 0.15) is 5.54 Å². The summed E-state index contributed by atoms with van der Waals surface area (Å²) in [7, 11) is -3.88. The highest BCUT2D eigenvalue weighted by molar-refractivity contribution is 7.89. The zero-order chi connectivity index (χ0) is 23.6. The Morgan fingerprint density at radius 2 is 1.82 bits per heavy atom. The number of hydrazine groups is 1. The van der Waals surface area contributed by atoms with Crippen LogP contribution < -0.4 is 15.5 Å². The smallest absolute Gasteiger partial charge is 0.318 e. The highest BCUT2D eigenvalue weighted by Crippen LogP contribution is 2.27. The highest BCUT2D eigenvalue weighted by Gasteiger charge is 2.50. The molecule has 2 aromatic carbocycles. The molecule has 1 saturated heterocycles. The number of rotatable bonds is 7. The Kier molecular flexibility index (Phi) is 6.02. The van der Waals surface area contributed by atoms with Gasteiger partial charge in [-0.25, -0.2) is 17.9 Å². The van der Waals surface area contributed by atoms with Crippen LogP contribution in [0.1, 0.15) is 27.7 Å². The minimum absolute atomic E-state index is 0.0251. The molecule has 4 amide bonds. The van der Waals surface area contributed by atoms with Gasteiger partial charge in [-0.1, -0.05) is 42.5 Å². The van der Waals surface area contributed by atoms with E-state index in [1.165, 1.54) is 35.6 Å². The lowest BCUT2D eigenvalue weighted by molar-refractivity contribution is -0.132. The first-order valence-electron chi connectivity index (χ1n) is 9.86. The SMILES string of the molecule is C[C@@]1(c2ccccc2)NC(=O)N(NC(=O)c2cccc(S(=O)(=O)NCc3cccs3)c2)C1=O. The predicted octanol–water partition coefficient (Wildman–Crippen LogP) is 2.34. The molecule has 1 aromatic heterocycles. The van der Waals surface area contributed by atoms with Crippen LogP contribution in [0.5, 0.6) is 0 Å². The summed E-state index contributed by atoms with van der Waals surface area (Å²) >= 11 is 1.42. The molecule has 4 rings (SSSR count). The van der Waals surface area contributed by atoms with Crippen LogP contribution in [0.15, 0.2) is 77.0 Å². The van der Waals surface area contributed by atoms with Crippen molar-refractivity contribution in [1.82, 2.24) is 20.5 Å². The van der Waals surface area contributed by atoms with Crippen molar-refractivity contribution in [2.75, 3.05) is 0 Å². The van der Waals surface area contributed by atoms with E-state index in [0.717, 1.165) is 4.88 Å². The molecular formula is C22H20N4O5S2. The van der Waals surface area contributed by atoms with Crippen LogP contribution in [0.3, 0.4) is 0 Å².